The topological polar surface area (TPSA) is 268 Å². The normalized spacial score (nSPS) is 13.2. The molecular weight excluding hydrogens is 715 g/mol. The van der Waals surface area contributed by atoms with Crippen LogP contribution in [0.1, 0.15) is 48.1 Å². The number of para-hydroxylation sites is 1. The third-order valence-corrected chi connectivity index (χ3v) is 9.24. The number of nitrogens with two attached hydrogens (primary N) is 3. The molecule has 3 aromatic carbocycles. The average molecular weight is 762 g/mol. The van der Waals surface area contributed by atoms with Crippen molar-refractivity contribution in [3.63, 3.8) is 0 Å². The van der Waals surface area contributed by atoms with Crippen molar-refractivity contribution < 1.29 is 24.0 Å². The number of aromatic amines is 2. The number of carbonyl (C=O) groups is 5. The van der Waals surface area contributed by atoms with E-state index in [4.69, 9.17) is 17.2 Å². The zero-order chi connectivity index (χ0) is 40.0. The number of hydrogen-bond donors (Lipinski definition) is 9. The number of aromatic nitrogens is 3. The Hall–Kier alpha value is -6.97. The highest BCUT2D eigenvalue weighted by Gasteiger charge is 2.37. The van der Waals surface area contributed by atoms with Crippen LogP contribution in [0.2, 0.25) is 0 Å². The molecule has 4 atom stereocenters. The van der Waals surface area contributed by atoms with Crippen molar-refractivity contribution in [3.8, 4) is 0 Å². The van der Waals surface area contributed by atoms with E-state index >= 15 is 0 Å². The van der Waals surface area contributed by atoms with Crippen molar-refractivity contribution in [2.45, 2.75) is 62.7 Å². The number of benzene rings is 3. The van der Waals surface area contributed by atoms with Gasteiger partial charge in [0, 0.05) is 61.2 Å². The first-order valence-electron chi connectivity index (χ1n) is 18.1. The van der Waals surface area contributed by atoms with E-state index in [-0.39, 0.29) is 38.2 Å². The van der Waals surface area contributed by atoms with Gasteiger partial charge in [0.05, 0.1) is 6.33 Å². The van der Waals surface area contributed by atoms with E-state index in [2.05, 4.69) is 41.2 Å². The molecule has 0 fully saturated rings. The van der Waals surface area contributed by atoms with Gasteiger partial charge in [-0.1, -0.05) is 78.9 Å². The van der Waals surface area contributed by atoms with E-state index in [9.17, 15) is 24.0 Å². The zero-order valence-electron chi connectivity index (χ0n) is 30.9. The maximum atomic E-state index is 14.7. The van der Waals surface area contributed by atoms with Crippen LogP contribution < -0.4 is 38.5 Å². The van der Waals surface area contributed by atoms with Crippen LogP contribution in [0.4, 0.5) is 0 Å². The molecule has 292 valence electrons. The lowest BCUT2D eigenvalue weighted by Gasteiger charge is -2.31. The fraction of sp³-hybridized carbons (Fsp3) is 0.275. The first kappa shape index (κ1) is 40.2. The molecule has 12 N–H and O–H groups in total. The number of guanidine groups is 1. The predicted molar refractivity (Wildman–Crippen MR) is 212 cm³/mol. The van der Waals surface area contributed by atoms with E-state index in [1.165, 1.54) is 19.4 Å². The molecule has 16 nitrogen and oxygen atoms in total. The number of carbonyl (C=O) groups excluding carboxylic acids is 5. The fourth-order valence-corrected chi connectivity index (χ4v) is 6.57. The van der Waals surface area contributed by atoms with Gasteiger partial charge in [-0.3, -0.25) is 29.0 Å². The monoisotopic (exact) mass is 761 g/mol. The fourth-order valence-electron chi connectivity index (χ4n) is 6.57. The lowest BCUT2D eigenvalue weighted by Crippen LogP contribution is -2.59. The molecule has 0 saturated heterocycles. The van der Waals surface area contributed by atoms with Gasteiger partial charge in [0.25, 0.3) is 0 Å². The number of primary amides is 1. The molecule has 0 unspecified atom stereocenters. The minimum absolute atomic E-state index is 0.0574. The molecule has 0 aliphatic carbocycles. The SMILES string of the molecule is CC(=O)N[C@@H](Cc1cnc[nH]1)C(=O)N[C@H](C(=O)N[C@@H](CCCN=C(N)N)C(=O)N[C@@H](Cc1c[nH]c2ccccc12)C(N)=O)C(c1ccccc1)c1ccccc1. The van der Waals surface area contributed by atoms with Gasteiger partial charge in [-0.15, -0.1) is 0 Å². The van der Waals surface area contributed by atoms with E-state index in [0.717, 1.165) is 16.5 Å². The second-order valence-corrected chi connectivity index (χ2v) is 13.4. The van der Waals surface area contributed by atoms with E-state index < -0.39 is 59.6 Å². The third kappa shape index (κ3) is 11.0. The highest BCUT2D eigenvalue weighted by molar-refractivity contribution is 5.96. The van der Waals surface area contributed by atoms with Crippen LogP contribution in [0, 0.1) is 0 Å². The summed E-state index contributed by atoms with van der Waals surface area (Å²) in [6.45, 7) is 1.44. The van der Waals surface area contributed by atoms with Crippen molar-refractivity contribution in [1.82, 2.24) is 36.2 Å². The Labute approximate surface area is 323 Å². The van der Waals surface area contributed by atoms with Crippen molar-refractivity contribution in [3.05, 3.63) is 126 Å². The minimum Gasteiger partial charge on any atom is -0.370 e. The zero-order valence-corrected chi connectivity index (χ0v) is 30.9. The van der Waals surface area contributed by atoms with Crippen LogP contribution in [0.3, 0.4) is 0 Å². The second kappa shape index (κ2) is 19.4. The van der Waals surface area contributed by atoms with Gasteiger partial charge in [-0.05, 0) is 35.6 Å². The summed E-state index contributed by atoms with van der Waals surface area (Å²) in [5.74, 6) is -4.14. The Kier molecular flexibility index (Phi) is 13.9. The second-order valence-electron chi connectivity index (χ2n) is 13.4. The van der Waals surface area contributed by atoms with Gasteiger partial charge in [0.2, 0.25) is 29.5 Å². The smallest absolute Gasteiger partial charge is 0.244 e. The number of nitrogens with zero attached hydrogens (tertiary/aromatic N) is 2. The van der Waals surface area contributed by atoms with Crippen molar-refractivity contribution in [2.75, 3.05) is 6.54 Å². The summed E-state index contributed by atoms with van der Waals surface area (Å²) in [7, 11) is 0. The predicted octanol–water partition coefficient (Wildman–Crippen LogP) is 1.01. The van der Waals surface area contributed by atoms with Gasteiger partial charge in [0.15, 0.2) is 5.96 Å². The Balaban J connectivity index is 1.48. The minimum atomic E-state index is -1.31. The molecule has 0 bridgehead atoms. The highest BCUT2D eigenvalue weighted by Crippen LogP contribution is 2.29. The number of hydrogen-bond acceptors (Lipinski definition) is 7. The lowest BCUT2D eigenvalue weighted by atomic mass is 9.84. The molecule has 2 heterocycles. The number of amides is 5. The number of H-pyrrole nitrogens is 2. The van der Waals surface area contributed by atoms with Crippen LogP contribution in [0.15, 0.2) is 109 Å². The lowest BCUT2D eigenvalue weighted by molar-refractivity contribution is -0.134. The number of rotatable bonds is 19. The molecule has 56 heavy (non-hydrogen) atoms. The van der Waals surface area contributed by atoms with Crippen LogP contribution in [0.25, 0.3) is 10.9 Å². The Morgan fingerprint density at radius 2 is 1.34 bits per heavy atom. The molecule has 5 aromatic rings. The molecule has 0 aliphatic rings. The van der Waals surface area contributed by atoms with Gasteiger partial charge >= 0.3 is 0 Å². The highest BCUT2D eigenvalue weighted by atomic mass is 16.2. The van der Waals surface area contributed by atoms with E-state index in [1.807, 2.05) is 84.9 Å². The Morgan fingerprint density at radius 1 is 0.714 bits per heavy atom. The molecule has 2 aromatic heterocycles. The molecule has 0 spiro atoms. The van der Waals surface area contributed by atoms with Crippen molar-refractivity contribution in [1.29, 1.82) is 0 Å². The van der Waals surface area contributed by atoms with E-state index in [1.54, 1.807) is 6.20 Å². The molecule has 0 aliphatic heterocycles. The molecular formula is C40H47N11O5. The summed E-state index contributed by atoms with van der Waals surface area (Å²) in [6.07, 6.45) is 5.22. The number of aliphatic imine (C=N–C) groups is 1. The number of imidazole rings is 1. The quantitative estimate of drug-likeness (QED) is 0.0332. The first-order valence-corrected chi connectivity index (χ1v) is 18.1. The third-order valence-electron chi connectivity index (χ3n) is 9.24. The van der Waals surface area contributed by atoms with Crippen LogP contribution in [-0.2, 0) is 36.8 Å². The molecule has 0 radical (unpaired) electrons. The summed E-state index contributed by atoms with van der Waals surface area (Å²) in [6, 6.07) is 21.1. The summed E-state index contributed by atoms with van der Waals surface area (Å²) in [5, 5.41) is 12.0. The van der Waals surface area contributed by atoms with Gasteiger partial charge in [0.1, 0.15) is 24.2 Å². The molecule has 16 heteroatoms. The van der Waals surface area contributed by atoms with Crippen LogP contribution >= 0.6 is 0 Å². The molecule has 0 saturated carbocycles. The van der Waals surface area contributed by atoms with Gasteiger partial charge in [-0.2, -0.15) is 0 Å². The summed E-state index contributed by atoms with van der Waals surface area (Å²) < 4.78 is 0. The van der Waals surface area contributed by atoms with Crippen molar-refractivity contribution in [2.24, 2.45) is 22.2 Å². The van der Waals surface area contributed by atoms with Crippen LogP contribution in [-0.4, -0.2) is 81.2 Å². The number of nitrogens with one attached hydrogen (secondary N) is 6. The van der Waals surface area contributed by atoms with Crippen LogP contribution in [0.5, 0.6) is 0 Å². The molecule has 5 amide bonds. The average Bonchev–Trinajstić information content (AvgIpc) is 3.85. The molecule has 5 rings (SSSR count). The first-order chi connectivity index (χ1) is 27.0. The van der Waals surface area contributed by atoms with E-state index in [0.29, 0.717) is 16.8 Å². The standard InChI is InChI=1S/C40H47N11O5/c1-24(52)48-33(20-28-22-44-23-47-28)38(55)51-35(34(25-11-4-2-5-12-25)26-13-6-3-7-14-26)39(56)49-31(17-10-18-45-40(42)43)37(54)50-32(36(41)53)19-27-21-46-30-16-9-8-15-29(27)30/h2-9,11-16,21-23,31-35,46H,10,17-20H2,1H3,(H2,41,53)(H,44,47)(H,48,52)(H,49,56)(H,50,54)(H,51,55)(H4,42,43,45)/t31-,32-,33-,35-/m0/s1. The Bertz CT molecular complexity index is 2080. The van der Waals surface area contributed by atoms with Gasteiger partial charge in [-0.25, -0.2) is 4.98 Å². The number of fused-ring (bicyclic) bond motifs is 1. The summed E-state index contributed by atoms with van der Waals surface area (Å²) in [5.41, 5.74) is 20.5. The van der Waals surface area contributed by atoms with Crippen molar-refractivity contribution >= 4 is 46.4 Å². The Morgan fingerprint density at radius 3 is 1.95 bits per heavy atom. The maximum absolute atomic E-state index is 14.7. The maximum Gasteiger partial charge on any atom is 0.244 e. The summed E-state index contributed by atoms with van der Waals surface area (Å²) in [4.78, 5) is 82.1. The largest absolute Gasteiger partial charge is 0.370 e. The van der Waals surface area contributed by atoms with Gasteiger partial charge < -0.3 is 48.4 Å². The summed E-state index contributed by atoms with van der Waals surface area (Å²) >= 11 is 0.